The van der Waals surface area contributed by atoms with Gasteiger partial charge in [-0.05, 0) is 24.6 Å². The first-order valence-corrected chi connectivity index (χ1v) is 9.11. The summed E-state index contributed by atoms with van der Waals surface area (Å²) in [6.07, 6.45) is 3.88. The Morgan fingerprint density at radius 3 is 3.04 bits per heavy atom. The van der Waals surface area contributed by atoms with Gasteiger partial charge in [0, 0.05) is 32.0 Å². The van der Waals surface area contributed by atoms with E-state index in [1.54, 1.807) is 6.20 Å². The molecule has 1 fully saturated rings. The molecule has 0 spiro atoms. The van der Waals surface area contributed by atoms with Gasteiger partial charge in [0.1, 0.15) is 12.7 Å². The summed E-state index contributed by atoms with van der Waals surface area (Å²) in [5, 5.41) is 13.3. The van der Waals surface area contributed by atoms with Gasteiger partial charge in [-0.3, -0.25) is 4.98 Å². The predicted molar refractivity (Wildman–Crippen MR) is 95.3 cm³/mol. The number of nitrogens with one attached hydrogen (secondary N) is 1. The summed E-state index contributed by atoms with van der Waals surface area (Å²) in [6.45, 7) is 4.34. The van der Waals surface area contributed by atoms with E-state index in [-0.39, 0.29) is 6.61 Å². The molecule has 1 atom stereocenters. The van der Waals surface area contributed by atoms with E-state index < -0.39 is 6.10 Å². The van der Waals surface area contributed by atoms with Gasteiger partial charge in [-0.2, -0.15) is 4.37 Å². The maximum Gasteiger partial charge on any atom is 0.270 e. The van der Waals surface area contributed by atoms with Gasteiger partial charge in [0.2, 0.25) is 5.82 Å². The van der Waals surface area contributed by atoms with Crippen molar-refractivity contribution in [3.05, 3.63) is 30.1 Å². The Bertz CT molecular complexity index is 621. The number of ether oxygens (including phenoxy) is 2. The molecule has 3 rings (SSSR count). The molecule has 1 saturated heterocycles. The van der Waals surface area contributed by atoms with Crippen LogP contribution in [0.2, 0.25) is 0 Å². The van der Waals surface area contributed by atoms with Crippen molar-refractivity contribution in [2.75, 3.05) is 50.9 Å². The van der Waals surface area contributed by atoms with Crippen molar-refractivity contribution < 1.29 is 14.6 Å². The molecular weight excluding hydrogens is 342 g/mol. The third kappa shape index (κ3) is 5.60. The molecule has 1 aliphatic rings. The molecule has 136 valence electrons. The van der Waals surface area contributed by atoms with Crippen molar-refractivity contribution in [3.63, 3.8) is 0 Å². The summed E-state index contributed by atoms with van der Waals surface area (Å²) in [4.78, 5) is 6.18. The van der Waals surface area contributed by atoms with Gasteiger partial charge in [0.15, 0.2) is 0 Å². The smallest absolute Gasteiger partial charge is 0.270 e. The molecule has 2 N–H and O–H groups in total. The SMILES string of the molecule is OC(CNCCc1cccnc1)COc1nsnc1N1CCOCC1. The maximum atomic E-state index is 10.1. The lowest BCUT2D eigenvalue weighted by atomic mass is 10.2. The van der Waals surface area contributed by atoms with Gasteiger partial charge < -0.3 is 24.8 Å². The van der Waals surface area contributed by atoms with Crippen LogP contribution in [-0.2, 0) is 11.2 Å². The Morgan fingerprint density at radius 1 is 1.36 bits per heavy atom. The van der Waals surface area contributed by atoms with Crippen LogP contribution in [-0.4, -0.2) is 70.9 Å². The van der Waals surface area contributed by atoms with Crippen molar-refractivity contribution in [2.45, 2.75) is 12.5 Å². The van der Waals surface area contributed by atoms with E-state index in [4.69, 9.17) is 9.47 Å². The number of rotatable bonds is 9. The lowest BCUT2D eigenvalue weighted by Gasteiger charge is -2.26. The standard InChI is InChI=1S/C16H23N5O3S/c22-14(11-18-5-3-13-2-1-4-17-10-13)12-24-16-15(19-25-20-16)21-6-8-23-9-7-21/h1-2,4,10,14,18,22H,3,5-9,11-12H2. The van der Waals surface area contributed by atoms with Gasteiger partial charge in [0.25, 0.3) is 5.88 Å². The number of nitrogens with zero attached hydrogens (tertiary/aromatic N) is 4. The van der Waals surface area contributed by atoms with E-state index in [1.165, 1.54) is 5.56 Å². The summed E-state index contributed by atoms with van der Waals surface area (Å²) >= 11 is 1.12. The molecule has 0 amide bonds. The van der Waals surface area contributed by atoms with Crippen molar-refractivity contribution in [1.82, 2.24) is 19.0 Å². The number of aliphatic hydroxyl groups is 1. The van der Waals surface area contributed by atoms with Crippen molar-refractivity contribution in [2.24, 2.45) is 0 Å². The zero-order valence-electron chi connectivity index (χ0n) is 14.0. The number of hydrogen-bond donors (Lipinski definition) is 2. The topological polar surface area (TPSA) is 92.6 Å². The monoisotopic (exact) mass is 365 g/mol. The first kappa shape index (κ1) is 18.0. The average Bonchev–Trinajstić information content (AvgIpc) is 3.14. The quantitative estimate of drug-likeness (QED) is 0.615. The molecule has 1 aliphatic heterocycles. The van der Waals surface area contributed by atoms with Gasteiger partial charge in [-0.25, -0.2) is 0 Å². The van der Waals surface area contributed by atoms with Gasteiger partial charge in [-0.1, -0.05) is 6.07 Å². The highest BCUT2D eigenvalue weighted by atomic mass is 32.1. The predicted octanol–water partition coefficient (Wildman–Crippen LogP) is 0.342. The summed E-state index contributed by atoms with van der Waals surface area (Å²) in [5.41, 5.74) is 1.17. The molecule has 2 aromatic heterocycles. The van der Waals surface area contributed by atoms with E-state index >= 15 is 0 Å². The molecule has 2 aromatic rings. The van der Waals surface area contributed by atoms with Crippen LogP contribution in [0, 0.1) is 0 Å². The molecule has 0 aliphatic carbocycles. The number of pyridine rings is 1. The third-order valence-corrected chi connectivity index (χ3v) is 4.36. The van der Waals surface area contributed by atoms with Crippen LogP contribution >= 0.6 is 11.7 Å². The zero-order valence-corrected chi connectivity index (χ0v) is 14.8. The average molecular weight is 365 g/mol. The molecule has 0 bridgehead atoms. The normalized spacial score (nSPS) is 16.0. The summed E-state index contributed by atoms with van der Waals surface area (Å²) in [7, 11) is 0. The lowest BCUT2D eigenvalue weighted by Crippen LogP contribution is -2.37. The van der Waals surface area contributed by atoms with E-state index in [0.29, 0.717) is 25.6 Å². The largest absolute Gasteiger partial charge is 0.472 e. The first-order chi connectivity index (χ1) is 12.3. The minimum absolute atomic E-state index is 0.183. The van der Waals surface area contributed by atoms with Gasteiger partial charge in [0.05, 0.1) is 24.9 Å². The minimum atomic E-state index is -0.604. The minimum Gasteiger partial charge on any atom is -0.472 e. The van der Waals surface area contributed by atoms with E-state index in [0.717, 1.165) is 43.6 Å². The zero-order chi connectivity index (χ0) is 17.3. The van der Waals surface area contributed by atoms with Crippen LogP contribution in [0.1, 0.15) is 5.56 Å². The Kier molecular flexibility index (Phi) is 6.92. The highest BCUT2D eigenvalue weighted by Crippen LogP contribution is 2.26. The molecule has 25 heavy (non-hydrogen) atoms. The Hall–Kier alpha value is -1.81. The number of aliphatic hydroxyl groups excluding tert-OH is 1. The Morgan fingerprint density at radius 2 is 2.24 bits per heavy atom. The molecule has 0 saturated carbocycles. The lowest BCUT2D eigenvalue weighted by molar-refractivity contribution is 0.103. The molecular formula is C16H23N5O3S. The Balaban J connectivity index is 1.36. The molecule has 0 radical (unpaired) electrons. The maximum absolute atomic E-state index is 10.1. The molecule has 3 heterocycles. The van der Waals surface area contributed by atoms with Gasteiger partial charge >= 0.3 is 0 Å². The summed E-state index contributed by atoms with van der Waals surface area (Å²) < 4.78 is 19.5. The van der Waals surface area contributed by atoms with Crippen molar-refractivity contribution in [3.8, 4) is 5.88 Å². The van der Waals surface area contributed by atoms with E-state index in [2.05, 4.69) is 23.9 Å². The second-order valence-corrected chi connectivity index (χ2v) is 6.30. The van der Waals surface area contributed by atoms with Crippen LogP contribution in [0.4, 0.5) is 5.82 Å². The van der Waals surface area contributed by atoms with Crippen LogP contribution in [0.15, 0.2) is 24.5 Å². The summed E-state index contributed by atoms with van der Waals surface area (Å²) in [5.74, 6) is 1.23. The number of anilines is 1. The molecule has 0 aromatic carbocycles. The number of aromatic nitrogens is 3. The van der Waals surface area contributed by atoms with E-state index in [9.17, 15) is 5.11 Å². The molecule has 8 nitrogen and oxygen atoms in total. The molecule has 9 heteroatoms. The number of hydrogen-bond acceptors (Lipinski definition) is 9. The highest BCUT2D eigenvalue weighted by molar-refractivity contribution is 6.99. The summed E-state index contributed by atoms with van der Waals surface area (Å²) in [6, 6.07) is 3.96. The highest BCUT2D eigenvalue weighted by Gasteiger charge is 2.20. The number of morpholine rings is 1. The second-order valence-electron chi connectivity index (χ2n) is 5.77. The molecule has 1 unspecified atom stereocenters. The fourth-order valence-corrected chi connectivity index (χ4v) is 3.04. The third-order valence-electron chi connectivity index (χ3n) is 3.86. The fourth-order valence-electron chi connectivity index (χ4n) is 2.52. The first-order valence-electron chi connectivity index (χ1n) is 8.38. The van der Waals surface area contributed by atoms with E-state index in [1.807, 2.05) is 18.3 Å². The van der Waals surface area contributed by atoms with Crippen LogP contribution in [0.3, 0.4) is 0 Å². The second kappa shape index (κ2) is 9.62. The van der Waals surface area contributed by atoms with Crippen molar-refractivity contribution >= 4 is 17.5 Å². The van der Waals surface area contributed by atoms with Crippen molar-refractivity contribution in [1.29, 1.82) is 0 Å². The van der Waals surface area contributed by atoms with Crippen LogP contribution in [0.25, 0.3) is 0 Å². The fraction of sp³-hybridized carbons (Fsp3) is 0.562. The van der Waals surface area contributed by atoms with Crippen LogP contribution in [0.5, 0.6) is 5.88 Å². The van der Waals surface area contributed by atoms with Gasteiger partial charge in [-0.15, -0.1) is 4.37 Å². The Labute approximate surface area is 151 Å². The van der Waals surface area contributed by atoms with Crippen LogP contribution < -0.4 is 15.0 Å².